The monoisotopic (exact) mass is 368 g/mol. The van der Waals surface area contributed by atoms with Crippen LogP contribution in [0.25, 0.3) is 11.4 Å². The van der Waals surface area contributed by atoms with Crippen molar-refractivity contribution in [1.29, 1.82) is 0 Å². The molecule has 0 fully saturated rings. The molecule has 0 aliphatic heterocycles. The summed E-state index contributed by atoms with van der Waals surface area (Å²) in [6.07, 6.45) is 0.794. The molecule has 0 unspecified atom stereocenters. The molecular formula is C20H18F2N4O. The summed E-state index contributed by atoms with van der Waals surface area (Å²) >= 11 is 0. The van der Waals surface area contributed by atoms with Gasteiger partial charge in [0, 0.05) is 29.9 Å². The molecule has 5 nitrogen and oxygen atoms in total. The second kappa shape index (κ2) is 8.35. The summed E-state index contributed by atoms with van der Waals surface area (Å²) < 4.78 is 26.6. The number of nitrogens with zero attached hydrogens (tertiary/aromatic N) is 2. The van der Waals surface area contributed by atoms with Crippen LogP contribution in [-0.2, 0) is 0 Å². The summed E-state index contributed by atoms with van der Waals surface area (Å²) in [5, 5.41) is 5.66. The minimum absolute atomic E-state index is 0.183. The van der Waals surface area contributed by atoms with Crippen LogP contribution in [0.3, 0.4) is 0 Å². The number of hydrogen-bond donors (Lipinski definition) is 2. The number of amides is 1. The molecule has 3 aromatic rings. The Bertz CT molecular complexity index is 948. The molecule has 0 bridgehead atoms. The van der Waals surface area contributed by atoms with Gasteiger partial charge in [-0.3, -0.25) is 4.79 Å². The maximum absolute atomic E-state index is 13.5. The van der Waals surface area contributed by atoms with E-state index >= 15 is 0 Å². The molecule has 0 aliphatic rings. The van der Waals surface area contributed by atoms with Crippen LogP contribution in [0.5, 0.6) is 0 Å². The largest absolute Gasteiger partial charge is 0.351 e. The van der Waals surface area contributed by atoms with Crippen molar-refractivity contribution in [2.75, 3.05) is 11.9 Å². The molecule has 0 saturated carbocycles. The molecule has 2 aromatic carbocycles. The quantitative estimate of drug-likeness (QED) is 0.681. The van der Waals surface area contributed by atoms with E-state index in [9.17, 15) is 13.6 Å². The third kappa shape index (κ3) is 4.63. The van der Waals surface area contributed by atoms with Gasteiger partial charge in [-0.2, -0.15) is 0 Å². The Morgan fingerprint density at radius 3 is 2.48 bits per heavy atom. The van der Waals surface area contributed by atoms with Crippen molar-refractivity contribution in [3.05, 3.63) is 71.9 Å². The Kier molecular flexibility index (Phi) is 5.71. The fraction of sp³-hybridized carbons (Fsp3) is 0.150. The average molecular weight is 368 g/mol. The zero-order chi connectivity index (χ0) is 19.2. The summed E-state index contributed by atoms with van der Waals surface area (Å²) in [7, 11) is 0. The molecule has 2 N–H and O–H groups in total. The highest BCUT2D eigenvalue weighted by molar-refractivity contribution is 5.93. The third-order valence-electron chi connectivity index (χ3n) is 3.72. The zero-order valence-corrected chi connectivity index (χ0v) is 14.7. The number of carbonyl (C=O) groups excluding carboxylic acids is 1. The lowest BCUT2D eigenvalue weighted by Gasteiger charge is -2.11. The summed E-state index contributed by atoms with van der Waals surface area (Å²) in [4.78, 5) is 21.1. The fourth-order valence-corrected chi connectivity index (χ4v) is 2.39. The number of anilines is 2. The molecule has 3 rings (SSSR count). The first-order valence-electron chi connectivity index (χ1n) is 8.51. The number of rotatable bonds is 6. The van der Waals surface area contributed by atoms with Gasteiger partial charge in [0.15, 0.2) is 17.5 Å². The zero-order valence-electron chi connectivity index (χ0n) is 14.7. The minimum Gasteiger partial charge on any atom is -0.351 e. The second-order valence-electron chi connectivity index (χ2n) is 5.84. The lowest BCUT2D eigenvalue weighted by atomic mass is 10.2. The fourth-order valence-electron chi connectivity index (χ4n) is 2.39. The third-order valence-corrected chi connectivity index (χ3v) is 3.72. The topological polar surface area (TPSA) is 66.9 Å². The summed E-state index contributed by atoms with van der Waals surface area (Å²) in [6.45, 7) is 2.47. The van der Waals surface area contributed by atoms with Crippen LogP contribution in [0.15, 0.2) is 54.6 Å². The van der Waals surface area contributed by atoms with Gasteiger partial charge in [0.1, 0.15) is 11.5 Å². The first-order valence-corrected chi connectivity index (χ1v) is 8.51. The number of nitrogens with one attached hydrogen (secondary N) is 2. The van der Waals surface area contributed by atoms with Gasteiger partial charge in [-0.1, -0.05) is 37.3 Å². The predicted octanol–water partition coefficient (Wildman–Crippen LogP) is 4.31. The highest BCUT2D eigenvalue weighted by atomic mass is 19.2. The van der Waals surface area contributed by atoms with Crippen LogP contribution in [-0.4, -0.2) is 22.4 Å². The van der Waals surface area contributed by atoms with Crippen molar-refractivity contribution >= 4 is 17.4 Å². The van der Waals surface area contributed by atoms with Crippen molar-refractivity contribution < 1.29 is 13.6 Å². The van der Waals surface area contributed by atoms with Crippen LogP contribution < -0.4 is 10.6 Å². The molecule has 0 saturated heterocycles. The molecule has 1 aromatic heterocycles. The van der Waals surface area contributed by atoms with Crippen molar-refractivity contribution in [2.45, 2.75) is 13.3 Å². The molecule has 138 valence electrons. The summed E-state index contributed by atoms with van der Waals surface area (Å²) in [5.74, 6) is -1.59. The van der Waals surface area contributed by atoms with E-state index in [0.717, 1.165) is 24.1 Å². The first kappa shape index (κ1) is 18.4. The van der Waals surface area contributed by atoms with Gasteiger partial charge in [0.25, 0.3) is 5.91 Å². The van der Waals surface area contributed by atoms with E-state index in [1.165, 1.54) is 12.1 Å². The number of benzene rings is 2. The SMILES string of the molecule is CCCNC(=O)c1cc(Nc2ccc(F)c(F)c2)nc(-c2ccccc2)n1. The van der Waals surface area contributed by atoms with Crippen molar-refractivity contribution in [3.8, 4) is 11.4 Å². The number of halogens is 2. The van der Waals surface area contributed by atoms with Crippen LogP contribution in [0, 0.1) is 11.6 Å². The second-order valence-corrected chi connectivity index (χ2v) is 5.84. The Labute approximate surface area is 155 Å². The van der Waals surface area contributed by atoms with E-state index in [4.69, 9.17) is 0 Å². The van der Waals surface area contributed by atoms with Gasteiger partial charge in [0.05, 0.1) is 0 Å². The molecule has 0 aliphatic carbocycles. The van der Waals surface area contributed by atoms with E-state index < -0.39 is 11.6 Å². The molecule has 0 atom stereocenters. The average Bonchev–Trinajstić information content (AvgIpc) is 2.69. The van der Waals surface area contributed by atoms with E-state index in [2.05, 4.69) is 20.6 Å². The summed E-state index contributed by atoms with van der Waals surface area (Å²) in [6, 6.07) is 14.1. The molecule has 27 heavy (non-hydrogen) atoms. The Morgan fingerprint density at radius 1 is 1.00 bits per heavy atom. The van der Waals surface area contributed by atoms with Gasteiger partial charge in [-0.25, -0.2) is 18.7 Å². The Morgan fingerprint density at radius 2 is 1.78 bits per heavy atom. The van der Waals surface area contributed by atoms with Crippen LogP contribution in [0.4, 0.5) is 20.3 Å². The summed E-state index contributed by atoms with van der Waals surface area (Å²) in [5.41, 5.74) is 1.23. The van der Waals surface area contributed by atoms with Crippen LogP contribution in [0.1, 0.15) is 23.8 Å². The van der Waals surface area contributed by atoms with Gasteiger partial charge in [-0.15, -0.1) is 0 Å². The first-order chi connectivity index (χ1) is 13.1. The molecule has 0 spiro atoms. The molecule has 7 heteroatoms. The smallest absolute Gasteiger partial charge is 0.270 e. The number of hydrogen-bond acceptors (Lipinski definition) is 4. The van der Waals surface area contributed by atoms with Crippen molar-refractivity contribution in [2.24, 2.45) is 0 Å². The molecule has 0 radical (unpaired) electrons. The van der Waals surface area contributed by atoms with Crippen LogP contribution >= 0.6 is 0 Å². The van der Waals surface area contributed by atoms with Crippen LogP contribution in [0.2, 0.25) is 0 Å². The maximum Gasteiger partial charge on any atom is 0.270 e. The molecule has 1 amide bonds. The Hall–Kier alpha value is -3.35. The highest BCUT2D eigenvalue weighted by Gasteiger charge is 2.13. The van der Waals surface area contributed by atoms with Gasteiger partial charge in [-0.05, 0) is 18.6 Å². The van der Waals surface area contributed by atoms with Crippen molar-refractivity contribution in [3.63, 3.8) is 0 Å². The number of carbonyl (C=O) groups is 1. The molecule has 1 heterocycles. The lowest BCUT2D eigenvalue weighted by molar-refractivity contribution is 0.0948. The van der Waals surface area contributed by atoms with E-state index in [1.807, 2.05) is 37.3 Å². The number of aromatic nitrogens is 2. The van der Waals surface area contributed by atoms with Gasteiger partial charge in [0.2, 0.25) is 0 Å². The van der Waals surface area contributed by atoms with E-state index in [0.29, 0.717) is 23.9 Å². The predicted molar refractivity (Wildman–Crippen MR) is 99.7 cm³/mol. The minimum atomic E-state index is -0.974. The van der Waals surface area contributed by atoms with E-state index in [1.54, 1.807) is 0 Å². The standard InChI is InChI=1S/C20H18F2N4O/c1-2-10-23-20(27)17-12-18(24-14-8-9-15(21)16(22)11-14)26-19(25-17)13-6-4-3-5-7-13/h3-9,11-12H,2,10H2,1H3,(H,23,27)(H,24,25,26). The van der Waals surface area contributed by atoms with Gasteiger partial charge < -0.3 is 10.6 Å². The Balaban J connectivity index is 1.98. The van der Waals surface area contributed by atoms with Gasteiger partial charge >= 0.3 is 0 Å². The lowest BCUT2D eigenvalue weighted by Crippen LogP contribution is -2.25. The highest BCUT2D eigenvalue weighted by Crippen LogP contribution is 2.22. The van der Waals surface area contributed by atoms with E-state index in [-0.39, 0.29) is 11.6 Å². The maximum atomic E-state index is 13.5. The van der Waals surface area contributed by atoms with Crippen molar-refractivity contribution in [1.82, 2.24) is 15.3 Å². The molecular weight excluding hydrogens is 350 g/mol. The normalized spacial score (nSPS) is 10.5.